The van der Waals surface area contributed by atoms with E-state index in [0.717, 1.165) is 0 Å². The van der Waals surface area contributed by atoms with Crippen LogP contribution in [0.2, 0.25) is 0 Å². The van der Waals surface area contributed by atoms with E-state index in [1.165, 1.54) is 0 Å². The number of hydrogen-bond acceptors (Lipinski definition) is 4. The fourth-order valence-electron chi connectivity index (χ4n) is 1.30. The Morgan fingerprint density at radius 1 is 1.33 bits per heavy atom. The molecule has 0 amide bonds. The molecule has 0 fully saturated rings. The fraction of sp³-hybridized carbons (Fsp3) is 1.00. The zero-order valence-electron chi connectivity index (χ0n) is 9.96. The largest absolute Gasteiger partial charge is 0.383 e. The third-order valence-electron chi connectivity index (χ3n) is 1.78. The third-order valence-corrected chi connectivity index (χ3v) is 3.47. The van der Waals surface area contributed by atoms with Crippen molar-refractivity contribution in [2.45, 2.75) is 25.8 Å². The molecule has 0 rings (SSSR count). The molecular formula is C9H22N2O3S. The maximum Gasteiger partial charge on any atom is 0.212 e. The summed E-state index contributed by atoms with van der Waals surface area (Å²) < 4.78 is 30.8. The lowest BCUT2D eigenvalue weighted by Crippen LogP contribution is -2.47. The molecule has 0 aromatic carbocycles. The van der Waals surface area contributed by atoms with Gasteiger partial charge >= 0.3 is 0 Å². The standard InChI is InChI=1S/C9H22N2O3S/c1-9(2,8-14-4)11-15(12,13)7-5-6-10-3/h10-11H,5-8H2,1-4H3. The van der Waals surface area contributed by atoms with Crippen LogP contribution in [0.5, 0.6) is 0 Å². The Bertz CT molecular complexity index is 263. The molecule has 0 unspecified atom stereocenters. The Labute approximate surface area is 92.6 Å². The van der Waals surface area contributed by atoms with Gasteiger partial charge in [-0.3, -0.25) is 0 Å². The van der Waals surface area contributed by atoms with Crippen LogP contribution in [-0.2, 0) is 14.8 Å². The summed E-state index contributed by atoms with van der Waals surface area (Å²) in [4.78, 5) is 0. The molecule has 0 aromatic heterocycles. The monoisotopic (exact) mass is 238 g/mol. The average Bonchev–Trinajstić information content (AvgIpc) is 2.01. The van der Waals surface area contributed by atoms with Crippen LogP contribution < -0.4 is 10.0 Å². The van der Waals surface area contributed by atoms with Crippen LogP contribution in [0, 0.1) is 0 Å². The molecule has 15 heavy (non-hydrogen) atoms. The molecule has 0 aliphatic carbocycles. The van der Waals surface area contributed by atoms with E-state index in [4.69, 9.17) is 4.74 Å². The molecule has 0 aromatic rings. The number of ether oxygens (including phenoxy) is 1. The summed E-state index contributed by atoms with van der Waals surface area (Å²) in [5, 5.41) is 2.91. The summed E-state index contributed by atoms with van der Waals surface area (Å²) in [5.41, 5.74) is -0.548. The van der Waals surface area contributed by atoms with Crippen molar-refractivity contribution in [3.63, 3.8) is 0 Å². The van der Waals surface area contributed by atoms with E-state index in [9.17, 15) is 8.42 Å². The summed E-state index contributed by atoms with van der Waals surface area (Å²) in [7, 11) is 0.149. The first-order chi connectivity index (χ1) is 6.83. The van der Waals surface area contributed by atoms with Gasteiger partial charge in [0.25, 0.3) is 0 Å². The van der Waals surface area contributed by atoms with Crippen molar-refractivity contribution in [1.82, 2.24) is 10.0 Å². The van der Waals surface area contributed by atoms with Crippen LogP contribution in [-0.4, -0.2) is 47.0 Å². The van der Waals surface area contributed by atoms with Gasteiger partial charge in [0.15, 0.2) is 0 Å². The molecule has 5 nitrogen and oxygen atoms in total. The highest BCUT2D eigenvalue weighted by Crippen LogP contribution is 2.05. The first-order valence-electron chi connectivity index (χ1n) is 4.98. The van der Waals surface area contributed by atoms with Crippen LogP contribution in [0.15, 0.2) is 0 Å². The van der Waals surface area contributed by atoms with Crippen molar-refractivity contribution in [3.8, 4) is 0 Å². The van der Waals surface area contributed by atoms with Crippen molar-refractivity contribution in [2.24, 2.45) is 0 Å². The molecule has 0 atom stereocenters. The topological polar surface area (TPSA) is 67.4 Å². The Morgan fingerprint density at radius 3 is 2.40 bits per heavy atom. The second kappa shape index (κ2) is 6.42. The van der Waals surface area contributed by atoms with Gasteiger partial charge in [-0.2, -0.15) is 0 Å². The molecule has 0 bridgehead atoms. The lowest BCUT2D eigenvalue weighted by Gasteiger charge is -2.24. The minimum absolute atomic E-state index is 0.140. The zero-order chi connectivity index (χ0) is 11.9. The first-order valence-corrected chi connectivity index (χ1v) is 6.63. The number of nitrogens with one attached hydrogen (secondary N) is 2. The molecule has 0 aliphatic rings. The smallest absolute Gasteiger partial charge is 0.212 e. The van der Waals surface area contributed by atoms with E-state index in [2.05, 4.69) is 10.0 Å². The third kappa shape index (κ3) is 7.72. The van der Waals surface area contributed by atoms with Crippen molar-refractivity contribution in [3.05, 3.63) is 0 Å². The van der Waals surface area contributed by atoms with E-state index in [1.807, 2.05) is 0 Å². The van der Waals surface area contributed by atoms with Crippen molar-refractivity contribution < 1.29 is 13.2 Å². The Balaban J connectivity index is 4.13. The lowest BCUT2D eigenvalue weighted by atomic mass is 10.1. The van der Waals surface area contributed by atoms with E-state index in [0.29, 0.717) is 19.6 Å². The Hall–Kier alpha value is -0.170. The van der Waals surface area contributed by atoms with Gasteiger partial charge in [0, 0.05) is 7.11 Å². The number of hydrogen-bond donors (Lipinski definition) is 2. The highest BCUT2D eigenvalue weighted by atomic mass is 32.2. The maximum atomic E-state index is 11.6. The van der Waals surface area contributed by atoms with Gasteiger partial charge in [0.1, 0.15) is 0 Å². The van der Waals surface area contributed by atoms with E-state index >= 15 is 0 Å². The predicted molar refractivity (Wildman–Crippen MR) is 61.4 cm³/mol. The normalized spacial score (nSPS) is 13.1. The van der Waals surface area contributed by atoms with Crippen molar-refractivity contribution in [1.29, 1.82) is 0 Å². The van der Waals surface area contributed by atoms with Crippen LogP contribution in [0.3, 0.4) is 0 Å². The number of sulfonamides is 1. The molecular weight excluding hydrogens is 216 g/mol. The van der Waals surface area contributed by atoms with E-state index in [1.54, 1.807) is 28.0 Å². The van der Waals surface area contributed by atoms with Gasteiger partial charge in [-0.1, -0.05) is 0 Å². The lowest BCUT2D eigenvalue weighted by molar-refractivity contribution is 0.141. The van der Waals surface area contributed by atoms with Crippen molar-refractivity contribution >= 4 is 10.0 Å². The minimum Gasteiger partial charge on any atom is -0.383 e. The van der Waals surface area contributed by atoms with Crippen molar-refractivity contribution in [2.75, 3.05) is 33.1 Å². The summed E-state index contributed by atoms with van der Waals surface area (Å²) in [6.45, 7) is 4.65. The quantitative estimate of drug-likeness (QED) is 0.581. The maximum absolute atomic E-state index is 11.6. The van der Waals surface area contributed by atoms with Gasteiger partial charge in [-0.05, 0) is 33.9 Å². The van der Waals surface area contributed by atoms with Crippen LogP contribution >= 0.6 is 0 Å². The van der Waals surface area contributed by atoms with Crippen LogP contribution in [0.25, 0.3) is 0 Å². The van der Waals surface area contributed by atoms with Gasteiger partial charge < -0.3 is 10.1 Å². The van der Waals surface area contributed by atoms with Crippen LogP contribution in [0.1, 0.15) is 20.3 Å². The van der Waals surface area contributed by atoms with E-state index < -0.39 is 15.6 Å². The van der Waals surface area contributed by atoms with Gasteiger partial charge in [-0.25, -0.2) is 13.1 Å². The average molecular weight is 238 g/mol. The zero-order valence-corrected chi connectivity index (χ0v) is 10.8. The molecule has 0 saturated carbocycles. The molecule has 0 spiro atoms. The summed E-state index contributed by atoms with van der Waals surface area (Å²) in [5.74, 6) is 0.140. The molecule has 2 N–H and O–H groups in total. The molecule has 0 radical (unpaired) electrons. The Morgan fingerprint density at radius 2 is 1.93 bits per heavy atom. The number of methoxy groups -OCH3 is 1. The highest BCUT2D eigenvalue weighted by Gasteiger charge is 2.24. The van der Waals surface area contributed by atoms with E-state index in [-0.39, 0.29) is 5.75 Å². The van der Waals surface area contributed by atoms with Gasteiger partial charge in [0.2, 0.25) is 10.0 Å². The highest BCUT2D eigenvalue weighted by molar-refractivity contribution is 7.89. The SMILES string of the molecule is CNCCCS(=O)(=O)NC(C)(C)COC. The van der Waals surface area contributed by atoms with Gasteiger partial charge in [-0.15, -0.1) is 0 Å². The second-order valence-corrected chi connectivity index (χ2v) is 6.04. The molecule has 0 aliphatic heterocycles. The predicted octanol–water partition coefficient (Wildman–Crippen LogP) is -0.0597. The molecule has 92 valence electrons. The summed E-state index contributed by atoms with van der Waals surface area (Å²) in [6, 6.07) is 0. The first kappa shape index (κ1) is 14.8. The summed E-state index contributed by atoms with van der Waals surface area (Å²) in [6.07, 6.45) is 0.606. The van der Waals surface area contributed by atoms with Gasteiger partial charge in [0.05, 0.1) is 17.9 Å². The van der Waals surface area contributed by atoms with Crippen LogP contribution in [0.4, 0.5) is 0 Å². The molecule has 6 heteroatoms. The molecule has 0 saturated heterocycles. The molecule has 0 heterocycles. The minimum atomic E-state index is -3.20. The summed E-state index contributed by atoms with van der Waals surface area (Å²) >= 11 is 0. The second-order valence-electron chi connectivity index (χ2n) is 4.19. The number of rotatable bonds is 8. The Kier molecular flexibility index (Phi) is 6.35. The fourth-order valence-corrected chi connectivity index (χ4v) is 2.83.